The van der Waals surface area contributed by atoms with E-state index in [1.54, 1.807) is 29.5 Å². The van der Waals surface area contributed by atoms with Crippen LogP contribution < -0.4 is 10.1 Å². The summed E-state index contributed by atoms with van der Waals surface area (Å²) in [5.74, 6) is 1.22. The van der Waals surface area contributed by atoms with Gasteiger partial charge in [0.1, 0.15) is 17.4 Å². The van der Waals surface area contributed by atoms with Gasteiger partial charge in [-0.2, -0.15) is 0 Å². The smallest absolute Gasteiger partial charge is 0.139 e. The second kappa shape index (κ2) is 7.99. The Morgan fingerprint density at radius 3 is 2.90 bits per heavy atom. The van der Waals surface area contributed by atoms with Gasteiger partial charge in [0.2, 0.25) is 0 Å². The van der Waals surface area contributed by atoms with Gasteiger partial charge in [0.15, 0.2) is 0 Å². The van der Waals surface area contributed by atoms with Crippen LogP contribution in [0.15, 0.2) is 23.6 Å². The Balaban J connectivity index is 1.86. The van der Waals surface area contributed by atoms with Crippen LogP contribution in [0, 0.1) is 5.92 Å². The molecule has 1 aromatic carbocycles. The largest absolute Gasteiger partial charge is 0.486 e. The molecule has 6 heteroatoms. The number of benzene rings is 1. The monoisotopic (exact) mass is 344 g/mol. The van der Waals surface area contributed by atoms with Gasteiger partial charge < -0.3 is 10.1 Å². The van der Waals surface area contributed by atoms with Crippen molar-refractivity contribution in [2.24, 2.45) is 5.92 Å². The summed E-state index contributed by atoms with van der Waals surface area (Å²) in [6, 6.07) is 5.17. The first kappa shape index (κ1) is 16.6. The van der Waals surface area contributed by atoms with Gasteiger partial charge >= 0.3 is 0 Å². The molecule has 2 aromatic rings. The van der Waals surface area contributed by atoms with Crippen LogP contribution in [-0.2, 0) is 13.2 Å². The van der Waals surface area contributed by atoms with E-state index in [2.05, 4.69) is 24.1 Å². The van der Waals surface area contributed by atoms with Gasteiger partial charge in [0, 0.05) is 23.0 Å². The van der Waals surface area contributed by atoms with E-state index in [1.165, 1.54) is 0 Å². The Hall–Kier alpha value is -0.810. The highest BCUT2D eigenvalue weighted by molar-refractivity contribution is 7.09. The van der Waals surface area contributed by atoms with Crippen LogP contribution in [-0.4, -0.2) is 11.5 Å². The van der Waals surface area contributed by atoms with E-state index < -0.39 is 0 Å². The molecule has 1 aromatic heterocycles. The lowest BCUT2D eigenvalue weighted by Gasteiger charge is -2.07. The fraction of sp³-hybridized carbons (Fsp3) is 0.400. The van der Waals surface area contributed by atoms with Crippen LogP contribution in [0.2, 0.25) is 10.0 Å². The van der Waals surface area contributed by atoms with Crippen LogP contribution >= 0.6 is 34.5 Å². The predicted octanol–water partition coefficient (Wildman–Crippen LogP) is 4.77. The maximum atomic E-state index is 6.05. The average Bonchev–Trinajstić information content (AvgIpc) is 2.87. The molecule has 0 bridgehead atoms. The molecule has 0 saturated carbocycles. The molecular formula is C15H18Cl2N2OS. The third-order valence-electron chi connectivity index (χ3n) is 2.70. The number of ether oxygens (including phenoxy) is 1. The topological polar surface area (TPSA) is 34.2 Å². The number of rotatable bonds is 7. The molecule has 0 saturated heterocycles. The summed E-state index contributed by atoms with van der Waals surface area (Å²) in [6.45, 7) is 6.54. The maximum absolute atomic E-state index is 6.05. The van der Waals surface area contributed by atoms with E-state index in [0.717, 1.165) is 23.8 Å². The molecule has 21 heavy (non-hydrogen) atoms. The highest BCUT2D eigenvalue weighted by Gasteiger charge is 2.06. The number of nitrogens with one attached hydrogen (secondary N) is 1. The van der Waals surface area contributed by atoms with Crippen LogP contribution in [0.1, 0.15) is 24.5 Å². The van der Waals surface area contributed by atoms with Crippen molar-refractivity contribution in [1.82, 2.24) is 10.3 Å². The molecule has 0 aliphatic heterocycles. The molecule has 0 atom stereocenters. The summed E-state index contributed by atoms with van der Waals surface area (Å²) >= 11 is 13.6. The van der Waals surface area contributed by atoms with Crippen molar-refractivity contribution in [3.8, 4) is 5.75 Å². The van der Waals surface area contributed by atoms with Gasteiger partial charge in [0.25, 0.3) is 0 Å². The average molecular weight is 345 g/mol. The first-order valence-electron chi connectivity index (χ1n) is 6.76. The summed E-state index contributed by atoms with van der Waals surface area (Å²) in [6.07, 6.45) is 0. The molecule has 0 spiro atoms. The van der Waals surface area contributed by atoms with Crippen molar-refractivity contribution in [2.75, 3.05) is 6.54 Å². The summed E-state index contributed by atoms with van der Waals surface area (Å²) in [4.78, 5) is 4.53. The number of halogens is 2. The zero-order chi connectivity index (χ0) is 15.2. The highest BCUT2D eigenvalue weighted by atomic mass is 35.5. The first-order valence-corrected chi connectivity index (χ1v) is 8.40. The molecule has 0 unspecified atom stereocenters. The zero-order valence-electron chi connectivity index (χ0n) is 12.0. The lowest BCUT2D eigenvalue weighted by Crippen LogP contribution is -2.18. The SMILES string of the molecule is CC(C)CNCc1nc(COc2cc(Cl)ccc2Cl)cs1. The normalized spacial score (nSPS) is 11.1. The molecule has 1 N–H and O–H groups in total. The van der Waals surface area contributed by atoms with Crippen LogP contribution in [0.4, 0.5) is 0 Å². The summed E-state index contributed by atoms with van der Waals surface area (Å²) in [5.41, 5.74) is 0.900. The van der Waals surface area contributed by atoms with Gasteiger partial charge in [-0.05, 0) is 24.6 Å². The first-order chi connectivity index (χ1) is 10.0. The minimum Gasteiger partial charge on any atom is -0.486 e. The predicted molar refractivity (Wildman–Crippen MR) is 89.5 cm³/mol. The lowest BCUT2D eigenvalue weighted by atomic mass is 10.2. The minimum atomic E-state index is 0.390. The Kier molecular flexibility index (Phi) is 6.30. The van der Waals surface area contributed by atoms with Crippen LogP contribution in [0.5, 0.6) is 5.75 Å². The van der Waals surface area contributed by atoms with Crippen molar-refractivity contribution < 1.29 is 4.74 Å². The Morgan fingerprint density at radius 1 is 1.33 bits per heavy atom. The number of hydrogen-bond acceptors (Lipinski definition) is 4. The highest BCUT2D eigenvalue weighted by Crippen LogP contribution is 2.28. The quantitative estimate of drug-likeness (QED) is 0.785. The molecule has 114 valence electrons. The number of thiazole rings is 1. The summed E-state index contributed by atoms with van der Waals surface area (Å²) in [5, 5.41) is 7.59. The van der Waals surface area contributed by atoms with E-state index >= 15 is 0 Å². The summed E-state index contributed by atoms with van der Waals surface area (Å²) < 4.78 is 5.67. The van der Waals surface area contributed by atoms with Gasteiger partial charge in [0.05, 0.1) is 10.7 Å². The third-order valence-corrected chi connectivity index (χ3v) is 4.14. The number of nitrogens with zero attached hydrogens (tertiary/aromatic N) is 1. The minimum absolute atomic E-state index is 0.390. The van der Waals surface area contributed by atoms with E-state index in [4.69, 9.17) is 27.9 Å². The van der Waals surface area contributed by atoms with E-state index in [0.29, 0.717) is 28.3 Å². The third kappa shape index (κ3) is 5.47. The molecule has 0 radical (unpaired) electrons. The maximum Gasteiger partial charge on any atom is 0.139 e. The molecular weight excluding hydrogens is 327 g/mol. The fourth-order valence-electron chi connectivity index (χ4n) is 1.70. The van der Waals surface area contributed by atoms with Crippen molar-refractivity contribution in [3.05, 3.63) is 44.3 Å². The van der Waals surface area contributed by atoms with E-state index in [-0.39, 0.29) is 0 Å². The number of aromatic nitrogens is 1. The Bertz CT molecular complexity index is 587. The number of hydrogen-bond donors (Lipinski definition) is 1. The lowest BCUT2D eigenvalue weighted by molar-refractivity contribution is 0.302. The van der Waals surface area contributed by atoms with Gasteiger partial charge in [-0.1, -0.05) is 37.0 Å². The molecule has 3 nitrogen and oxygen atoms in total. The molecule has 1 heterocycles. The van der Waals surface area contributed by atoms with Gasteiger partial charge in [-0.3, -0.25) is 0 Å². The van der Waals surface area contributed by atoms with E-state index in [9.17, 15) is 0 Å². The second-order valence-corrected chi connectivity index (χ2v) is 6.91. The van der Waals surface area contributed by atoms with Crippen molar-refractivity contribution in [2.45, 2.75) is 27.0 Å². The molecule has 0 fully saturated rings. The zero-order valence-corrected chi connectivity index (χ0v) is 14.4. The second-order valence-electron chi connectivity index (χ2n) is 5.12. The van der Waals surface area contributed by atoms with Crippen molar-refractivity contribution in [1.29, 1.82) is 0 Å². The molecule has 0 aliphatic rings. The van der Waals surface area contributed by atoms with Gasteiger partial charge in [-0.25, -0.2) is 4.98 Å². The molecule has 0 amide bonds. The Morgan fingerprint density at radius 2 is 2.14 bits per heavy atom. The fourth-order valence-corrected chi connectivity index (χ4v) is 2.79. The molecule has 0 aliphatic carbocycles. The summed E-state index contributed by atoms with van der Waals surface area (Å²) in [7, 11) is 0. The van der Waals surface area contributed by atoms with Crippen molar-refractivity contribution in [3.63, 3.8) is 0 Å². The van der Waals surface area contributed by atoms with E-state index in [1.807, 2.05) is 5.38 Å². The Labute approximate surface area is 139 Å². The molecule has 2 rings (SSSR count). The van der Waals surface area contributed by atoms with Crippen LogP contribution in [0.3, 0.4) is 0 Å². The standard InChI is InChI=1S/C15H18Cl2N2OS/c1-10(2)6-18-7-15-19-12(9-21-15)8-20-14-5-11(16)3-4-13(14)17/h3-5,9-10,18H,6-8H2,1-2H3. The van der Waals surface area contributed by atoms with Crippen molar-refractivity contribution >= 4 is 34.5 Å². The van der Waals surface area contributed by atoms with Crippen LogP contribution in [0.25, 0.3) is 0 Å². The van der Waals surface area contributed by atoms with Gasteiger partial charge in [-0.15, -0.1) is 11.3 Å².